The van der Waals surface area contributed by atoms with Crippen molar-refractivity contribution in [3.8, 4) is 17.1 Å². The van der Waals surface area contributed by atoms with E-state index in [0.717, 1.165) is 35.1 Å². The van der Waals surface area contributed by atoms with E-state index in [1.165, 1.54) is 25.0 Å². The number of rotatable bonds is 5. The van der Waals surface area contributed by atoms with Crippen LogP contribution in [-0.2, 0) is 16.6 Å². The fourth-order valence-corrected chi connectivity index (χ4v) is 7.60. The zero-order valence-electron chi connectivity index (χ0n) is 27.7. The first kappa shape index (κ1) is 32.6. The molecule has 10 nitrogen and oxygen atoms in total. The van der Waals surface area contributed by atoms with Gasteiger partial charge in [-0.05, 0) is 79.3 Å². The van der Waals surface area contributed by atoms with Crippen molar-refractivity contribution >= 4 is 21.9 Å². The summed E-state index contributed by atoms with van der Waals surface area (Å²) in [5.41, 5.74) is 4.54. The number of carbonyl (C=O) groups is 1. The Morgan fingerprint density at radius 1 is 0.957 bits per heavy atom. The first-order valence-corrected chi connectivity index (χ1v) is 17.7. The predicted molar refractivity (Wildman–Crippen MR) is 181 cm³/mol. The summed E-state index contributed by atoms with van der Waals surface area (Å²) in [5.74, 6) is 0.732. The first-order valence-electron chi connectivity index (χ1n) is 16.2. The van der Waals surface area contributed by atoms with E-state index >= 15 is 0 Å². The molecule has 1 atom stereocenters. The molecule has 1 amide bonds. The average molecular weight is 655 g/mol. The summed E-state index contributed by atoms with van der Waals surface area (Å²) in [5, 5.41) is 0. The van der Waals surface area contributed by atoms with E-state index in [4.69, 9.17) is 14.7 Å². The first-order chi connectivity index (χ1) is 22.4. The van der Waals surface area contributed by atoms with E-state index in [0.29, 0.717) is 23.9 Å². The van der Waals surface area contributed by atoms with Crippen LogP contribution >= 0.6 is 0 Å². The molecule has 1 N–H and O–H groups in total. The number of fused-ring (bicyclic) bond motifs is 4. The van der Waals surface area contributed by atoms with Gasteiger partial charge in [-0.25, -0.2) is 28.1 Å². The topological polar surface area (TPSA) is 127 Å². The van der Waals surface area contributed by atoms with Crippen molar-refractivity contribution in [1.82, 2.24) is 24.8 Å². The molecule has 246 valence electrons. The molecular formula is C36H42N6O4S. The third kappa shape index (κ3) is 7.45. The smallest absolute Gasteiger partial charge is 0.264 e. The van der Waals surface area contributed by atoms with E-state index < -0.39 is 16.1 Å². The number of carbonyl (C=O) groups excluding carboxylic acids is 1. The van der Waals surface area contributed by atoms with Crippen LogP contribution in [0.3, 0.4) is 0 Å². The summed E-state index contributed by atoms with van der Waals surface area (Å²) >= 11 is 0. The second-order valence-electron chi connectivity index (χ2n) is 13.9. The summed E-state index contributed by atoms with van der Waals surface area (Å²) in [6.07, 6.45) is 9.08. The lowest BCUT2D eigenvalue weighted by Gasteiger charge is -2.35. The molecule has 47 heavy (non-hydrogen) atoms. The zero-order valence-corrected chi connectivity index (χ0v) is 28.5. The van der Waals surface area contributed by atoms with Gasteiger partial charge in [-0.1, -0.05) is 57.9 Å². The van der Waals surface area contributed by atoms with Crippen LogP contribution in [0.1, 0.15) is 91.7 Å². The van der Waals surface area contributed by atoms with Crippen molar-refractivity contribution in [2.45, 2.75) is 90.1 Å². The second kappa shape index (κ2) is 13.0. The fraction of sp³-hybridized carbons (Fsp3) is 0.417. The van der Waals surface area contributed by atoms with Crippen molar-refractivity contribution in [3.05, 3.63) is 89.0 Å². The van der Waals surface area contributed by atoms with Crippen molar-refractivity contribution in [1.29, 1.82) is 0 Å². The number of hydrogen-bond donors (Lipinski definition) is 1. The Hall–Kier alpha value is -4.38. The largest absolute Gasteiger partial charge is 0.475 e. The summed E-state index contributed by atoms with van der Waals surface area (Å²) in [4.78, 5) is 34.5. The quantitative estimate of drug-likeness (QED) is 0.248. The molecule has 0 radical (unpaired) electrons. The van der Waals surface area contributed by atoms with Gasteiger partial charge in [0.2, 0.25) is 11.8 Å². The van der Waals surface area contributed by atoms with Crippen LogP contribution < -0.4 is 9.46 Å². The molecule has 11 heteroatoms. The van der Waals surface area contributed by atoms with Crippen LogP contribution in [0.4, 0.5) is 5.95 Å². The van der Waals surface area contributed by atoms with Gasteiger partial charge in [-0.2, -0.15) is 4.98 Å². The fourth-order valence-electron chi connectivity index (χ4n) is 6.62. The van der Waals surface area contributed by atoms with E-state index in [1.807, 2.05) is 44.4 Å². The van der Waals surface area contributed by atoms with E-state index in [-0.39, 0.29) is 46.8 Å². The maximum absolute atomic E-state index is 14.4. The molecule has 2 aliphatic rings. The number of benzene rings is 2. The monoisotopic (exact) mass is 654 g/mol. The van der Waals surface area contributed by atoms with E-state index in [2.05, 4.69) is 35.5 Å². The maximum atomic E-state index is 14.4. The number of aryl methyl sites for hydroxylation is 2. The maximum Gasteiger partial charge on any atom is 0.264 e. The SMILES string of the molecule is Cc1cccc(C)c1-c1cc2nc(n1)NS(=O)(=O)c1cccc(c1)C(=O)N(Cc1ncc(C3CCCC3)cn1)[C@H](CC(C)(C)C)CO2. The van der Waals surface area contributed by atoms with Gasteiger partial charge in [0.05, 0.1) is 23.2 Å². The highest BCUT2D eigenvalue weighted by atomic mass is 32.2. The van der Waals surface area contributed by atoms with Gasteiger partial charge in [0.1, 0.15) is 12.4 Å². The van der Waals surface area contributed by atoms with E-state index in [1.54, 1.807) is 23.1 Å². The van der Waals surface area contributed by atoms with Crippen LogP contribution in [0, 0.1) is 19.3 Å². The lowest BCUT2D eigenvalue weighted by atomic mass is 9.87. The molecule has 4 bridgehead atoms. The molecule has 0 unspecified atom stereocenters. The predicted octanol–water partition coefficient (Wildman–Crippen LogP) is 6.85. The van der Waals surface area contributed by atoms with E-state index in [9.17, 15) is 13.2 Å². The van der Waals surface area contributed by atoms with Crippen LogP contribution in [0.5, 0.6) is 5.88 Å². The molecule has 1 aliphatic heterocycles. The Kier molecular flexibility index (Phi) is 9.02. The third-order valence-electron chi connectivity index (χ3n) is 8.89. The molecule has 2 aromatic heterocycles. The molecule has 6 rings (SSSR count). The van der Waals surface area contributed by atoms with Gasteiger partial charge >= 0.3 is 0 Å². The van der Waals surface area contributed by atoms with Gasteiger partial charge in [0.15, 0.2) is 0 Å². The van der Waals surface area contributed by atoms with Crippen molar-refractivity contribution < 1.29 is 17.9 Å². The number of anilines is 1. The Morgan fingerprint density at radius 2 is 1.64 bits per heavy atom. The number of ether oxygens (including phenoxy) is 1. The lowest BCUT2D eigenvalue weighted by molar-refractivity contribution is 0.0505. The molecule has 3 heterocycles. The van der Waals surface area contributed by atoms with Gasteiger partial charge in [0.25, 0.3) is 15.9 Å². The van der Waals surface area contributed by atoms with Crippen LogP contribution in [0.15, 0.2) is 65.8 Å². The third-order valence-corrected chi connectivity index (χ3v) is 10.2. The van der Waals surface area contributed by atoms with Crippen LogP contribution in [0.2, 0.25) is 0 Å². The van der Waals surface area contributed by atoms with Crippen molar-refractivity contribution in [2.24, 2.45) is 5.41 Å². The minimum absolute atomic E-state index is 0.0735. The number of amides is 1. The molecule has 1 aliphatic carbocycles. The van der Waals surface area contributed by atoms with Gasteiger partial charge in [-0.15, -0.1) is 0 Å². The molecule has 0 saturated heterocycles. The number of sulfonamides is 1. The molecular weight excluding hydrogens is 613 g/mol. The lowest BCUT2D eigenvalue weighted by Crippen LogP contribution is -2.45. The standard InChI is InChI=1S/C36H42N6O4S/c1-23-10-8-11-24(2)33(23)30-17-32-40-35(39-30)41-47(44,45)29-15-9-14-26(16-29)34(43)42(28(22-46-32)18-36(3,4)5)21-31-37-19-27(20-38-31)25-12-6-7-13-25/h8-11,14-17,19-20,25,28H,6-7,12-13,18,21-22H2,1-5H3,(H,39,40,41)/t28-/m1/s1. The Morgan fingerprint density at radius 3 is 2.32 bits per heavy atom. The molecule has 4 aromatic rings. The van der Waals surface area contributed by atoms with Gasteiger partial charge in [-0.3, -0.25) is 4.79 Å². The molecule has 2 aromatic carbocycles. The number of nitrogens with one attached hydrogen (secondary N) is 1. The Bertz CT molecular complexity index is 1860. The Labute approximate surface area is 277 Å². The highest BCUT2D eigenvalue weighted by Gasteiger charge is 2.32. The summed E-state index contributed by atoms with van der Waals surface area (Å²) in [6.45, 7) is 10.5. The summed E-state index contributed by atoms with van der Waals surface area (Å²) in [6, 6.07) is 13.3. The van der Waals surface area contributed by atoms with Crippen LogP contribution in [0.25, 0.3) is 11.3 Å². The van der Waals surface area contributed by atoms with Crippen molar-refractivity contribution in [3.63, 3.8) is 0 Å². The normalized spacial score (nSPS) is 18.4. The minimum Gasteiger partial charge on any atom is -0.475 e. The average Bonchev–Trinajstić information content (AvgIpc) is 3.56. The molecule has 1 fully saturated rings. The molecule has 0 spiro atoms. The zero-order chi connectivity index (χ0) is 33.3. The minimum atomic E-state index is -4.16. The molecule has 1 saturated carbocycles. The number of hydrogen-bond acceptors (Lipinski definition) is 8. The highest BCUT2D eigenvalue weighted by molar-refractivity contribution is 7.92. The second-order valence-corrected chi connectivity index (χ2v) is 15.6. The summed E-state index contributed by atoms with van der Waals surface area (Å²) < 4.78 is 36.2. The van der Waals surface area contributed by atoms with Crippen molar-refractivity contribution in [2.75, 3.05) is 11.3 Å². The summed E-state index contributed by atoms with van der Waals surface area (Å²) in [7, 11) is -4.16. The highest BCUT2D eigenvalue weighted by Crippen LogP contribution is 2.34. The van der Waals surface area contributed by atoms with Gasteiger partial charge in [0, 0.05) is 29.6 Å². The number of aromatic nitrogens is 4. The van der Waals surface area contributed by atoms with Gasteiger partial charge < -0.3 is 9.64 Å². The Balaban J connectivity index is 1.45. The number of nitrogens with zero attached hydrogens (tertiary/aromatic N) is 5. The van der Waals surface area contributed by atoms with Crippen LogP contribution in [-0.4, -0.2) is 51.8 Å².